The molecule has 1 aromatic carbocycles. The van der Waals surface area contributed by atoms with Gasteiger partial charge in [-0.15, -0.1) is 0 Å². The third-order valence-electron chi connectivity index (χ3n) is 3.85. The van der Waals surface area contributed by atoms with E-state index >= 15 is 0 Å². The van der Waals surface area contributed by atoms with Gasteiger partial charge in [-0.05, 0) is 38.1 Å². The van der Waals surface area contributed by atoms with E-state index in [-0.39, 0.29) is 5.91 Å². The first-order valence-electron chi connectivity index (χ1n) is 6.98. The van der Waals surface area contributed by atoms with E-state index in [1.54, 1.807) is 0 Å². The van der Waals surface area contributed by atoms with Gasteiger partial charge in [0.05, 0.1) is 0 Å². The number of likely N-dealkylation sites (N-methyl/N-ethyl adjacent to an activating group) is 1. The molecule has 0 saturated carbocycles. The Kier molecular flexibility index (Phi) is 4.93. The van der Waals surface area contributed by atoms with E-state index in [1.165, 1.54) is 19.3 Å². The normalized spacial score (nSPS) is 20.4. The lowest BCUT2D eigenvalue weighted by atomic mass is 9.99. The van der Waals surface area contributed by atoms with Crippen molar-refractivity contribution in [2.45, 2.75) is 31.8 Å². The van der Waals surface area contributed by atoms with Gasteiger partial charge in [0.1, 0.15) is 0 Å². The second kappa shape index (κ2) is 6.68. The van der Waals surface area contributed by atoms with Crippen molar-refractivity contribution < 1.29 is 4.79 Å². The van der Waals surface area contributed by atoms with Gasteiger partial charge in [0, 0.05) is 24.7 Å². The number of carbonyl (C=O) groups excluding carboxylic acids is 1. The molecule has 1 aromatic rings. The van der Waals surface area contributed by atoms with E-state index in [9.17, 15) is 4.79 Å². The van der Waals surface area contributed by atoms with Crippen LogP contribution in [0.4, 0.5) is 0 Å². The van der Waals surface area contributed by atoms with Gasteiger partial charge in [-0.1, -0.05) is 24.6 Å². The van der Waals surface area contributed by atoms with Crippen molar-refractivity contribution in [3.05, 3.63) is 35.4 Å². The number of piperidine rings is 1. The van der Waals surface area contributed by atoms with E-state index < -0.39 is 0 Å². The van der Waals surface area contributed by atoms with E-state index in [4.69, 9.17) is 5.73 Å². The van der Waals surface area contributed by atoms with Crippen LogP contribution in [0.15, 0.2) is 24.3 Å². The first kappa shape index (κ1) is 14.0. The summed E-state index contributed by atoms with van der Waals surface area (Å²) in [6, 6.07) is 8.21. The number of likely N-dealkylation sites (tertiary alicyclic amines) is 1. The van der Waals surface area contributed by atoms with Crippen molar-refractivity contribution in [1.29, 1.82) is 0 Å². The highest BCUT2D eigenvalue weighted by Gasteiger charge is 2.22. The molecular formula is C15H23N3O. The number of nitrogens with one attached hydrogen (secondary N) is 1. The highest BCUT2D eigenvalue weighted by molar-refractivity contribution is 5.94. The van der Waals surface area contributed by atoms with Gasteiger partial charge < -0.3 is 11.1 Å². The molecule has 19 heavy (non-hydrogen) atoms. The molecule has 2 rings (SSSR count). The molecule has 1 saturated heterocycles. The van der Waals surface area contributed by atoms with E-state index in [1.807, 2.05) is 31.3 Å². The number of rotatable bonds is 5. The largest absolute Gasteiger partial charge is 0.366 e. The average Bonchev–Trinajstić information content (AvgIpc) is 2.42. The molecule has 0 radical (unpaired) electrons. The molecule has 4 nitrogen and oxygen atoms in total. The lowest BCUT2D eigenvalue weighted by Crippen LogP contribution is -2.44. The van der Waals surface area contributed by atoms with Crippen LogP contribution < -0.4 is 11.1 Å². The molecule has 1 atom stereocenters. The van der Waals surface area contributed by atoms with Gasteiger partial charge in [-0.2, -0.15) is 0 Å². The van der Waals surface area contributed by atoms with Gasteiger partial charge in [-0.25, -0.2) is 0 Å². The van der Waals surface area contributed by atoms with Gasteiger partial charge in [0.15, 0.2) is 0 Å². The number of amides is 1. The summed E-state index contributed by atoms with van der Waals surface area (Å²) < 4.78 is 0. The molecule has 1 heterocycles. The Morgan fingerprint density at radius 2 is 2.21 bits per heavy atom. The van der Waals surface area contributed by atoms with Crippen LogP contribution in [-0.4, -0.2) is 37.0 Å². The van der Waals surface area contributed by atoms with Crippen molar-refractivity contribution in [3.8, 4) is 0 Å². The van der Waals surface area contributed by atoms with Gasteiger partial charge in [0.2, 0.25) is 5.91 Å². The Hall–Kier alpha value is -1.39. The van der Waals surface area contributed by atoms with E-state index in [0.29, 0.717) is 11.6 Å². The Labute approximate surface area is 115 Å². The summed E-state index contributed by atoms with van der Waals surface area (Å²) in [6.07, 6.45) is 3.75. The summed E-state index contributed by atoms with van der Waals surface area (Å²) in [6.45, 7) is 2.91. The predicted octanol–water partition coefficient (Wildman–Crippen LogP) is 1.36. The Morgan fingerprint density at radius 1 is 1.42 bits per heavy atom. The first-order chi connectivity index (χ1) is 9.22. The number of nitrogens with zero attached hydrogens (tertiary/aromatic N) is 1. The third-order valence-corrected chi connectivity index (χ3v) is 3.85. The fraction of sp³-hybridized carbons (Fsp3) is 0.533. The summed E-state index contributed by atoms with van der Waals surface area (Å²) in [7, 11) is 1.99. The molecule has 3 N–H and O–H groups in total. The average molecular weight is 261 g/mol. The molecular weight excluding hydrogens is 238 g/mol. The second-order valence-electron chi connectivity index (χ2n) is 5.20. The quantitative estimate of drug-likeness (QED) is 0.841. The van der Waals surface area contributed by atoms with Crippen molar-refractivity contribution in [1.82, 2.24) is 10.2 Å². The minimum Gasteiger partial charge on any atom is -0.366 e. The van der Waals surface area contributed by atoms with Crippen LogP contribution >= 0.6 is 0 Å². The zero-order valence-electron chi connectivity index (χ0n) is 11.6. The Balaban J connectivity index is 2.12. The van der Waals surface area contributed by atoms with Crippen LogP contribution in [0.1, 0.15) is 35.2 Å². The monoisotopic (exact) mass is 261 g/mol. The fourth-order valence-corrected chi connectivity index (χ4v) is 2.85. The standard InChI is InChI=1S/C15H23N3O/c1-17-10-13-7-4-5-9-18(13)11-12-6-2-3-8-14(12)15(16)19/h2-3,6,8,13,17H,4-5,7,9-11H2,1H3,(H2,16,19). The number of hydrogen-bond acceptors (Lipinski definition) is 3. The van der Waals surface area contributed by atoms with Crippen molar-refractivity contribution in [2.24, 2.45) is 5.73 Å². The lowest BCUT2D eigenvalue weighted by Gasteiger charge is -2.36. The summed E-state index contributed by atoms with van der Waals surface area (Å²) in [5.74, 6) is -0.335. The molecule has 0 aromatic heterocycles. The SMILES string of the molecule is CNCC1CCCCN1Cc1ccccc1C(N)=O. The van der Waals surface area contributed by atoms with Crippen LogP contribution in [0.25, 0.3) is 0 Å². The van der Waals surface area contributed by atoms with Crippen molar-refractivity contribution >= 4 is 5.91 Å². The fourth-order valence-electron chi connectivity index (χ4n) is 2.85. The minimum atomic E-state index is -0.335. The maximum Gasteiger partial charge on any atom is 0.249 e. The van der Waals surface area contributed by atoms with Crippen LogP contribution in [0.5, 0.6) is 0 Å². The smallest absolute Gasteiger partial charge is 0.249 e. The predicted molar refractivity (Wildman–Crippen MR) is 76.9 cm³/mol. The maximum absolute atomic E-state index is 11.5. The van der Waals surface area contributed by atoms with Crippen LogP contribution in [0.3, 0.4) is 0 Å². The molecule has 0 spiro atoms. The van der Waals surface area contributed by atoms with Crippen LogP contribution in [0, 0.1) is 0 Å². The van der Waals surface area contributed by atoms with E-state index in [0.717, 1.165) is 25.2 Å². The molecule has 1 fully saturated rings. The molecule has 1 aliphatic rings. The number of benzene rings is 1. The summed E-state index contributed by atoms with van der Waals surface area (Å²) in [5.41, 5.74) is 7.13. The van der Waals surface area contributed by atoms with Crippen molar-refractivity contribution in [3.63, 3.8) is 0 Å². The Morgan fingerprint density at radius 3 is 2.95 bits per heavy atom. The molecule has 0 bridgehead atoms. The molecule has 104 valence electrons. The van der Waals surface area contributed by atoms with Crippen LogP contribution in [0.2, 0.25) is 0 Å². The second-order valence-corrected chi connectivity index (χ2v) is 5.20. The molecule has 1 aliphatic heterocycles. The van der Waals surface area contributed by atoms with Gasteiger partial charge in [0.25, 0.3) is 0 Å². The van der Waals surface area contributed by atoms with Gasteiger partial charge in [-0.3, -0.25) is 9.69 Å². The highest BCUT2D eigenvalue weighted by Crippen LogP contribution is 2.20. The topological polar surface area (TPSA) is 58.4 Å². The summed E-state index contributed by atoms with van der Waals surface area (Å²) >= 11 is 0. The number of hydrogen-bond donors (Lipinski definition) is 2. The minimum absolute atomic E-state index is 0.335. The first-order valence-corrected chi connectivity index (χ1v) is 6.98. The van der Waals surface area contributed by atoms with Gasteiger partial charge >= 0.3 is 0 Å². The molecule has 4 heteroatoms. The zero-order chi connectivity index (χ0) is 13.7. The van der Waals surface area contributed by atoms with E-state index in [2.05, 4.69) is 10.2 Å². The van der Waals surface area contributed by atoms with Crippen LogP contribution in [-0.2, 0) is 6.54 Å². The number of nitrogens with two attached hydrogens (primary N) is 1. The molecule has 1 unspecified atom stereocenters. The zero-order valence-corrected chi connectivity index (χ0v) is 11.6. The lowest BCUT2D eigenvalue weighted by molar-refractivity contribution is 0.0994. The highest BCUT2D eigenvalue weighted by atomic mass is 16.1. The summed E-state index contributed by atoms with van der Waals surface area (Å²) in [5, 5.41) is 3.26. The molecule has 1 amide bonds. The van der Waals surface area contributed by atoms with Crippen molar-refractivity contribution in [2.75, 3.05) is 20.1 Å². The molecule has 0 aliphatic carbocycles. The maximum atomic E-state index is 11.5. The number of carbonyl (C=O) groups is 1. The Bertz CT molecular complexity index is 431. The number of primary amides is 1. The third kappa shape index (κ3) is 3.55. The summed E-state index contributed by atoms with van der Waals surface area (Å²) in [4.78, 5) is 13.9.